The summed E-state index contributed by atoms with van der Waals surface area (Å²) < 4.78 is 3.25. The van der Waals surface area contributed by atoms with Gasteiger partial charge < -0.3 is 10.6 Å². The predicted octanol–water partition coefficient (Wildman–Crippen LogP) is 3.28. The molecule has 2 aromatic carbocycles. The molecule has 0 atom stereocenters. The Hall–Kier alpha value is -2.96. The lowest BCUT2D eigenvalue weighted by Crippen LogP contribution is -2.14. The first kappa shape index (κ1) is 21.3. The van der Waals surface area contributed by atoms with Crippen LogP contribution in [0.15, 0.2) is 58.0 Å². The molecule has 0 radical (unpaired) electrons. The third-order valence-corrected chi connectivity index (χ3v) is 7.12. The van der Waals surface area contributed by atoms with E-state index in [9.17, 15) is 9.59 Å². The maximum absolute atomic E-state index is 12.2. The van der Waals surface area contributed by atoms with Crippen LogP contribution in [0.25, 0.3) is 10.2 Å². The van der Waals surface area contributed by atoms with Crippen molar-refractivity contribution in [2.24, 2.45) is 7.05 Å². The van der Waals surface area contributed by atoms with Crippen molar-refractivity contribution in [2.45, 2.75) is 9.50 Å². The van der Waals surface area contributed by atoms with Crippen molar-refractivity contribution >= 4 is 68.3 Å². The third kappa shape index (κ3) is 5.81. The molecule has 0 fully saturated rings. The van der Waals surface area contributed by atoms with Gasteiger partial charge in [0.15, 0.2) is 4.34 Å². The largest absolute Gasteiger partial charge is 0.325 e. The number of para-hydroxylation sites is 1. The molecule has 2 amide bonds. The van der Waals surface area contributed by atoms with Crippen molar-refractivity contribution in [1.29, 1.82) is 0 Å². The highest BCUT2D eigenvalue weighted by Crippen LogP contribution is 2.31. The third-order valence-electron chi connectivity index (χ3n) is 3.95. The van der Waals surface area contributed by atoms with Crippen LogP contribution >= 0.6 is 34.9 Å². The van der Waals surface area contributed by atoms with Gasteiger partial charge in [0.1, 0.15) is 0 Å². The maximum atomic E-state index is 12.2. The van der Waals surface area contributed by atoms with Crippen LogP contribution in [0.4, 0.5) is 11.4 Å². The van der Waals surface area contributed by atoms with Crippen LogP contribution in [0.5, 0.6) is 0 Å². The Morgan fingerprint density at radius 1 is 1.00 bits per heavy atom. The molecule has 0 aliphatic rings. The van der Waals surface area contributed by atoms with Crippen LogP contribution in [0.2, 0.25) is 0 Å². The second kappa shape index (κ2) is 9.90. The number of carbonyl (C=O) groups excluding carboxylic acids is 2. The molecule has 0 bridgehead atoms. The molecule has 31 heavy (non-hydrogen) atoms. The Kier molecular flexibility index (Phi) is 6.79. The summed E-state index contributed by atoms with van der Waals surface area (Å²) in [5.74, 6) is 0.238. The number of hydrogen-bond acceptors (Lipinski definition) is 9. The molecule has 0 saturated carbocycles. The number of nitrogens with zero attached hydrogens (tertiary/aromatic N) is 5. The number of anilines is 2. The number of amides is 2. The summed E-state index contributed by atoms with van der Waals surface area (Å²) in [4.78, 5) is 28.9. The molecule has 9 nitrogen and oxygen atoms in total. The lowest BCUT2D eigenvalue weighted by Gasteiger charge is -2.04. The fraction of sp³-hybridized carbons (Fsp3) is 0.158. The normalized spacial score (nSPS) is 10.9. The van der Waals surface area contributed by atoms with Crippen LogP contribution in [-0.4, -0.2) is 48.5 Å². The average Bonchev–Trinajstić information content (AvgIpc) is 3.36. The number of fused-ring (bicyclic) bond motifs is 1. The number of aryl methyl sites for hydroxylation is 1. The number of thiazole rings is 1. The van der Waals surface area contributed by atoms with E-state index in [0.717, 1.165) is 20.2 Å². The van der Waals surface area contributed by atoms with Gasteiger partial charge in [0, 0.05) is 18.4 Å². The van der Waals surface area contributed by atoms with E-state index in [1.54, 1.807) is 7.05 Å². The highest BCUT2D eigenvalue weighted by molar-refractivity contribution is 8.01. The van der Waals surface area contributed by atoms with E-state index in [-0.39, 0.29) is 23.3 Å². The highest BCUT2D eigenvalue weighted by atomic mass is 32.2. The van der Waals surface area contributed by atoms with Crippen LogP contribution < -0.4 is 10.6 Å². The molecular formula is C19H17N7O2S3. The second-order valence-corrected chi connectivity index (χ2v) is 9.48. The molecule has 12 heteroatoms. The summed E-state index contributed by atoms with van der Waals surface area (Å²) in [6.45, 7) is 0. The Labute approximate surface area is 190 Å². The van der Waals surface area contributed by atoms with Crippen LogP contribution in [0, 0.1) is 0 Å². The monoisotopic (exact) mass is 471 g/mol. The molecule has 0 unspecified atom stereocenters. The number of thioether (sulfide) groups is 2. The number of carbonyl (C=O) groups is 2. The predicted molar refractivity (Wildman–Crippen MR) is 124 cm³/mol. The van der Waals surface area contributed by atoms with E-state index in [2.05, 4.69) is 31.1 Å². The molecule has 2 N–H and O–H groups in total. The van der Waals surface area contributed by atoms with Crippen molar-refractivity contribution in [3.63, 3.8) is 0 Å². The minimum Gasteiger partial charge on any atom is -0.325 e. The smallest absolute Gasteiger partial charge is 0.234 e. The Morgan fingerprint density at radius 2 is 1.74 bits per heavy atom. The first-order chi connectivity index (χ1) is 15.1. The van der Waals surface area contributed by atoms with Crippen molar-refractivity contribution in [3.8, 4) is 0 Å². The zero-order chi connectivity index (χ0) is 21.6. The quantitative estimate of drug-likeness (QED) is 0.376. The molecule has 2 aromatic heterocycles. The van der Waals surface area contributed by atoms with Gasteiger partial charge in [-0.1, -0.05) is 41.7 Å². The minimum absolute atomic E-state index is 0.0842. The lowest BCUT2D eigenvalue weighted by atomic mass is 10.3. The number of nitrogens with one attached hydrogen (secondary N) is 2. The fourth-order valence-electron chi connectivity index (χ4n) is 2.56. The topological polar surface area (TPSA) is 115 Å². The van der Waals surface area contributed by atoms with Gasteiger partial charge in [-0.2, -0.15) is 0 Å². The molecule has 0 aliphatic heterocycles. The Bertz CT molecular complexity index is 1210. The van der Waals surface area contributed by atoms with E-state index in [1.165, 1.54) is 39.5 Å². The van der Waals surface area contributed by atoms with Gasteiger partial charge in [0.05, 0.1) is 21.7 Å². The number of benzene rings is 2. The van der Waals surface area contributed by atoms with Gasteiger partial charge in [0.25, 0.3) is 0 Å². The number of tetrazole rings is 1. The Balaban J connectivity index is 1.31. The van der Waals surface area contributed by atoms with E-state index in [4.69, 9.17) is 0 Å². The summed E-state index contributed by atoms with van der Waals surface area (Å²) in [6.07, 6.45) is 0. The van der Waals surface area contributed by atoms with Gasteiger partial charge in [-0.3, -0.25) is 9.59 Å². The maximum Gasteiger partial charge on any atom is 0.234 e. The SMILES string of the molecule is Cn1nnnc1SCC(=O)Nc1ccc2nc(SCC(=O)Nc3ccccc3)sc2c1. The van der Waals surface area contributed by atoms with Crippen molar-refractivity contribution in [1.82, 2.24) is 25.2 Å². The zero-order valence-electron chi connectivity index (χ0n) is 16.3. The van der Waals surface area contributed by atoms with Crippen LogP contribution in [0.1, 0.15) is 0 Å². The standard InChI is InChI=1S/C19H17N7O2S3/c1-26-18(23-24-25-26)29-10-16(27)21-13-7-8-14-15(9-13)31-19(22-14)30-11-17(28)20-12-5-3-2-4-6-12/h2-9H,10-11H2,1H3,(H,20,28)(H,21,27). The molecule has 0 aliphatic carbocycles. The second-order valence-electron chi connectivity index (χ2n) is 6.29. The van der Waals surface area contributed by atoms with E-state index in [1.807, 2.05) is 48.5 Å². The molecule has 158 valence electrons. The van der Waals surface area contributed by atoms with Gasteiger partial charge >= 0.3 is 0 Å². The summed E-state index contributed by atoms with van der Waals surface area (Å²) in [7, 11) is 1.72. The van der Waals surface area contributed by atoms with E-state index >= 15 is 0 Å². The van der Waals surface area contributed by atoms with Crippen molar-refractivity contribution in [2.75, 3.05) is 22.1 Å². The summed E-state index contributed by atoms with van der Waals surface area (Å²) in [5, 5.41) is 17.4. The van der Waals surface area contributed by atoms with Crippen molar-refractivity contribution in [3.05, 3.63) is 48.5 Å². The molecule has 4 aromatic rings. The van der Waals surface area contributed by atoms with Gasteiger partial charge in [-0.05, 0) is 40.8 Å². The number of hydrogen-bond donors (Lipinski definition) is 2. The van der Waals surface area contributed by atoms with Crippen LogP contribution in [0.3, 0.4) is 0 Å². The fourth-order valence-corrected chi connectivity index (χ4v) is 5.12. The number of aromatic nitrogens is 5. The molecule has 4 rings (SSSR count). The highest BCUT2D eigenvalue weighted by Gasteiger charge is 2.11. The summed E-state index contributed by atoms with van der Waals surface area (Å²) >= 11 is 4.13. The molecular weight excluding hydrogens is 454 g/mol. The number of rotatable bonds is 8. The molecule has 2 heterocycles. The van der Waals surface area contributed by atoms with E-state index in [0.29, 0.717) is 10.8 Å². The van der Waals surface area contributed by atoms with Gasteiger partial charge in [-0.25, -0.2) is 9.67 Å². The average molecular weight is 472 g/mol. The minimum atomic E-state index is -0.149. The molecule has 0 saturated heterocycles. The zero-order valence-corrected chi connectivity index (χ0v) is 18.8. The first-order valence-electron chi connectivity index (χ1n) is 9.10. The van der Waals surface area contributed by atoms with Gasteiger partial charge in [0.2, 0.25) is 17.0 Å². The summed E-state index contributed by atoms with van der Waals surface area (Å²) in [6, 6.07) is 14.9. The van der Waals surface area contributed by atoms with Crippen LogP contribution in [-0.2, 0) is 16.6 Å². The first-order valence-corrected chi connectivity index (χ1v) is 11.9. The lowest BCUT2D eigenvalue weighted by molar-refractivity contribution is -0.114. The van der Waals surface area contributed by atoms with Gasteiger partial charge in [-0.15, -0.1) is 16.4 Å². The molecule has 0 spiro atoms. The van der Waals surface area contributed by atoms with E-state index < -0.39 is 0 Å². The van der Waals surface area contributed by atoms with Crippen molar-refractivity contribution < 1.29 is 9.59 Å². The Morgan fingerprint density at radius 3 is 2.48 bits per heavy atom. The summed E-state index contributed by atoms with van der Waals surface area (Å²) in [5.41, 5.74) is 2.29.